The van der Waals surface area contributed by atoms with Crippen molar-refractivity contribution in [2.75, 3.05) is 55.3 Å². The van der Waals surface area contributed by atoms with Crippen molar-refractivity contribution in [2.24, 2.45) is 41.4 Å². The van der Waals surface area contributed by atoms with E-state index >= 15 is 24.0 Å². The standard InChI is InChI=1S/C65H115N11O14S/c1-25-27-28-41(15)54(79)53-58(83)68-44(26-2)60(85)73(21)49(33-50(78)91-34-77)62(87)70(18)46(30-36(5)6)57(82)69-51(39(11)12)64(89)71(19)45(29-35(3)4)56(81)66-42(16)55(80)67-43(17)59(84)72(20)47(31-37(7)8)61(86)74(22)48(32-38(9)10)63(88)75(23)52(40(13)14)65(90)76(53)24/h25,27,35-49,51-54,77,79H,26,28-34H2,1-24H3,(H,66,81)(H,67,80)(H,68,83)(H,69,82)/b27-25+/t41-,42+,43-,44+,45+,46+,47+,48+,49?,51+,52+,53?,54-/m1/s1. The van der Waals surface area contributed by atoms with Crippen LogP contribution >= 0.6 is 11.8 Å². The van der Waals surface area contributed by atoms with Gasteiger partial charge >= 0.3 is 0 Å². The highest BCUT2D eigenvalue weighted by Crippen LogP contribution is 2.27. The third kappa shape index (κ3) is 23.4. The monoisotopic (exact) mass is 1310 g/mol. The van der Waals surface area contributed by atoms with E-state index in [1.165, 1.54) is 82.8 Å². The number of amides is 11. The summed E-state index contributed by atoms with van der Waals surface area (Å²) >= 11 is 0.483. The normalized spacial score (nSPS) is 26.7. The third-order valence-electron chi connectivity index (χ3n) is 17.0. The smallest absolute Gasteiger partial charge is 0.246 e. The summed E-state index contributed by atoms with van der Waals surface area (Å²) in [6, 6.07) is -14.8. The second-order valence-corrected chi connectivity index (χ2v) is 28.2. The molecule has 0 radical (unpaired) electrons. The van der Waals surface area contributed by atoms with E-state index in [-0.39, 0.29) is 62.2 Å². The summed E-state index contributed by atoms with van der Waals surface area (Å²) in [6.45, 7) is 29.3. The number of thioether (sulfide) groups is 1. The molecular weight excluding hydrogens is 1190 g/mol. The van der Waals surface area contributed by atoms with Gasteiger partial charge in [-0.3, -0.25) is 57.5 Å². The summed E-state index contributed by atoms with van der Waals surface area (Å²) in [6.07, 6.45) is 1.82. The van der Waals surface area contributed by atoms with Crippen LogP contribution in [0.25, 0.3) is 0 Å². The van der Waals surface area contributed by atoms with E-state index in [0.29, 0.717) is 11.8 Å². The van der Waals surface area contributed by atoms with E-state index in [1.807, 2.05) is 41.5 Å². The first-order valence-corrected chi connectivity index (χ1v) is 33.2. The van der Waals surface area contributed by atoms with Gasteiger partial charge in [0.15, 0.2) is 5.12 Å². The highest BCUT2D eigenvalue weighted by Gasteiger charge is 2.46. The highest BCUT2D eigenvalue weighted by atomic mass is 32.2. The number of likely N-dealkylation sites (N-methyl/N-ethyl adjacent to an activating group) is 7. The van der Waals surface area contributed by atoms with Crippen molar-refractivity contribution >= 4 is 81.9 Å². The van der Waals surface area contributed by atoms with Gasteiger partial charge in [-0.1, -0.05) is 121 Å². The fraction of sp³-hybridized carbons (Fsp3) is 0.785. The van der Waals surface area contributed by atoms with Crippen molar-refractivity contribution in [2.45, 2.75) is 235 Å². The zero-order valence-corrected chi connectivity index (χ0v) is 59.9. The number of aliphatic hydroxyl groups is 2. The van der Waals surface area contributed by atoms with Crippen LogP contribution in [0.5, 0.6) is 0 Å². The lowest BCUT2D eigenvalue weighted by atomic mass is 9.91. The lowest BCUT2D eigenvalue weighted by molar-refractivity contribution is -0.157. The van der Waals surface area contributed by atoms with E-state index in [9.17, 15) is 43.8 Å². The number of carbonyl (C=O) groups excluding carboxylic acids is 12. The molecule has 0 aromatic heterocycles. The Kier molecular flexibility index (Phi) is 34.7. The van der Waals surface area contributed by atoms with Crippen molar-refractivity contribution in [1.82, 2.24) is 55.6 Å². The van der Waals surface area contributed by atoms with Gasteiger partial charge in [-0.05, 0) is 101 Å². The van der Waals surface area contributed by atoms with Crippen molar-refractivity contribution in [3.8, 4) is 0 Å². The maximum Gasteiger partial charge on any atom is 0.246 e. The minimum atomic E-state index is -1.71. The molecule has 1 rings (SSSR count). The Hall–Kier alpha value is -6.15. The first-order valence-electron chi connectivity index (χ1n) is 32.2. The Morgan fingerprint density at radius 1 is 0.473 bits per heavy atom. The van der Waals surface area contributed by atoms with Crippen molar-refractivity contribution in [3.05, 3.63) is 12.2 Å². The Morgan fingerprint density at radius 2 is 0.868 bits per heavy atom. The molecule has 1 fully saturated rings. The number of aliphatic hydroxyl groups excluding tert-OH is 2. The molecule has 0 bridgehead atoms. The number of nitrogens with zero attached hydrogens (tertiary/aromatic N) is 7. The minimum absolute atomic E-state index is 0.0232. The predicted octanol–water partition coefficient (Wildman–Crippen LogP) is 3.24. The van der Waals surface area contributed by atoms with Crippen LogP contribution in [0.1, 0.15) is 163 Å². The average Bonchev–Trinajstić information content (AvgIpc) is 0.908. The topological polar surface area (TPSA) is 316 Å². The first kappa shape index (κ1) is 82.9. The maximum atomic E-state index is 15.3. The highest BCUT2D eigenvalue weighted by molar-refractivity contribution is 8.13. The molecule has 25 nitrogen and oxygen atoms in total. The number of hydrogen-bond acceptors (Lipinski definition) is 15. The molecule has 0 saturated carbocycles. The number of nitrogens with one attached hydrogen (secondary N) is 4. The molecule has 13 atom stereocenters. The van der Waals surface area contributed by atoms with Gasteiger partial charge in [-0.15, -0.1) is 0 Å². The maximum absolute atomic E-state index is 15.3. The molecule has 520 valence electrons. The van der Waals surface area contributed by atoms with Crippen LogP contribution in [0.3, 0.4) is 0 Å². The van der Waals surface area contributed by atoms with Gasteiger partial charge in [0, 0.05) is 55.8 Å². The van der Waals surface area contributed by atoms with E-state index < -0.39 is 173 Å². The van der Waals surface area contributed by atoms with Crippen LogP contribution in [0.4, 0.5) is 0 Å². The Morgan fingerprint density at radius 3 is 1.31 bits per heavy atom. The fourth-order valence-corrected chi connectivity index (χ4v) is 11.7. The van der Waals surface area contributed by atoms with E-state index in [4.69, 9.17) is 0 Å². The van der Waals surface area contributed by atoms with Gasteiger partial charge < -0.3 is 65.8 Å². The fourth-order valence-electron chi connectivity index (χ4n) is 11.3. The second kappa shape index (κ2) is 38.1. The summed E-state index contributed by atoms with van der Waals surface area (Å²) in [4.78, 5) is 184. The molecule has 2 unspecified atom stereocenters. The minimum Gasteiger partial charge on any atom is -0.390 e. The molecule has 26 heteroatoms. The molecule has 1 heterocycles. The molecule has 91 heavy (non-hydrogen) atoms. The molecular formula is C65H115N11O14S. The van der Waals surface area contributed by atoms with Crippen LogP contribution in [-0.2, 0) is 57.5 Å². The Bertz CT molecular complexity index is 2530. The summed E-state index contributed by atoms with van der Waals surface area (Å²) in [7, 11) is 9.55. The summed E-state index contributed by atoms with van der Waals surface area (Å²) < 4.78 is 0. The van der Waals surface area contributed by atoms with Gasteiger partial charge in [0.05, 0.1) is 12.0 Å². The van der Waals surface area contributed by atoms with Crippen molar-refractivity contribution in [1.29, 1.82) is 0 Å². The SMILES string of the molecule is C/C=C/C[C@@H](C)[C@@H](O)C1C(=O)N[C@@H](CC)C(=O)N(C)C(CC(=O)SCO)C(=O)N(C)[C@@H](CC(C)C)C(=O)N[C@@H](C(C)C)C(=O)N(C)[C@@H](CC(C)C)C(=O)N[C@@H](C)C(=O)N[C@H](C)C(=O)N(C)[C@@H](CC(C)C)C(=O)N(C)[C@@H](CC(C)C)C(=O)N(C)[C@@H](C(C)C)C(=O)N1C. The van der Waals surface area contributed by atoms with Gasteiger partial charge in [-0.25, -0.2) is 0 Å². The molecule has 6 N–H and O–H groups in total. The zero-order chi connectivity index (χ0) is 70.5. The van der Waals surface area contributed by atoms with Crippen LogP contribution in [0, 0.1) is 41.4 Å². The van der Waals surface area contributed by atoms with E-state index in [0.717, 1.165) is 14.7 Å². The predicted molar refractivity (Wildman–Crippen MR) is 352 cm³/mol. The number of hydrogen-bond donors (Lipinski definition) is 6. The number of allylic oxidation sites excluding steroid dienone is 2. The van der Waals surface area contributed by atoms with Crippen LogP contribution < -0.4 is 21.3 Å². The van der Waals surface area contributed by atoms with Crippen LogP contribution in [0.2, 0.25) is 0 Å². The van der Waals surface area contributed by atoms with Crippen molar-refractivity contribution < 1.29 is 67.7 Å². The quantitative estimate of drug-likeness (QED) is 0.0848. The molecule has 1 aliphatic heterocycles. The second-order valence-electron chi connectivity index (χ2n) is 27.2. The first-order chi connectivity index (χ1) is 42.1. The average molecular weight is 1310 g/mol. The van der Waals surface area contributed by atoms with E-state index in [1.54, 1.807) is 74.5 Å². The van der Waals surface area contributed by atoms with Gasteiger partial charge in [0.2, 0.25) is 65.0 Å². The van der Waals surface area contributed by atoms with Gasteiger partial charge in [-0.2, -0.15) is 0 Å². The molecule has 0 spiro atoms. The van der Waals surface area contributed by atoms with E-state index in [2.05, 4.69) is 21.3 Å². The number of carbonyl (C=O) groups is 12. The lowest BCUT2D eigenvalue weighted by Gasteiger charge is -2.41. The third-order valence-corrected chi connectivity index (χ3v) is 17.6. The van der Waals surface area contributed by atoms with Crippen molar-refractivity contribution in [3.63, 3.8) is 0 Å². The Labute approximate surface area is 547 Å². The molecule has 11 amide bonds. The van der Waals surface area contributed by atoms with Gasteiger partial charge in [0.1, 0.15) is 66.5 Å². The van der Waals surface area contributed by atoms with Gasteiger partial charge in [0.25, 0.3) is 0 Å². The summed E-state index contributed by atoms with van der Waals surface area (Å²) in [5.74, 6) is -11.7. The largest absolute Gasteiger partial charge is 0.390 e. The Balaban J connectivity index is 4.54. The van der Waals surface area contributed by atoms with Crippen LogP contribution in [0.15, 0.2) is 12.2 Å². The zero-order valence-electron chi connectivity index (χ0n) is 59.1. The molecule has 1 aliphatic rings. The molecule has 0 aliphatic carbocycles. The molecule has 0 aromatic rings. The van der Waals surface area contributed by atoms with Crippen LogP contribution in [-0.4, -0.2) is 242 Å². The summed E-state index contributed by atoms with van der Waals surface area (Å²) in [5.41, 5.74) is 0. The number of rotatable bonds is 18. The lowest BCUT2D eigenvalue weighted by Crippen LogP contribution is -2.64. The molecule has 0 aromatic carbocycles. The summed E-state index contributed by atoms with van der Waals surface area (Å²) in [5, 5.41) is 32.2. The molecule has 1 saturated heterocycles.